The molecule has 2 nitrogen and oxygen atoms in total. The molecule has 0 amide bonds. The number of hydrogen-bond acceptors (Lipinski definition) is 3. The smallest absolute Gasteiger partial charge is 0.0349 e. The van der Waals surface area contributed by atoms with Crippen molar-refractivity contribution in [3.05, 3.63) is 34.7 Å². The van der Waals surface area contributed by atoms with Crippen molar-refractivity contribution in [2.75, 3.05) is 20.6 Å². The van der Waals surface area contributed by atoms with Crippen molar-refractivity contribution in [1.82, 2.24) is 10.2 Å². The Morgan fingerprint density at radius 3 is 2.84 bits per heavy atom. The Bertz CT molecular complexity index is 557. The molecule has 102 valence electrons. The van der Waals surface area contributed by atoms with Gasteiger partial charge in [-0.1, -0.05) is 18.2 Å². The Morgan fingerprint density at radius 1 is 1.32 bits per heavy atom. The van der Waals surface area contributed by atoms with Gasteiger partial charge >= 0.3 is 0 Å². The molecule has 1 aromatic heterocycles. The SMILES string of the molecule is CNCc1sc2ccccc2c1CN(C)CC1CC1. The summed E-state index contributed by atoms with van der Waals surface area (Å²) in [6.07, 6.45) is 2.86. The van der Waals surface area contributed by atoms with Crippen LogP contribution in [0.25, 0.3) is 10.1 Å². The van der Waals surface area contributed by atoms with Crippen LogP contribution in [0.3, 0.4) is 0 Å². The molecule has 1 aliphatic carbocycles. The van der Waals surface area contributed by atoms with Gasteiger partial charge in [0.2, 0.25) is 0 Å². The normalized spacial score (nSPS) is 15.5. The first-order chi connectivity index (χ1) is 9.28. The minimum atomic E-state index is 0.961. The average Bonchev–Trinajstić information content (AvgIpc) is 3.14. The van der Waals surface area contributed by atoms with Crippen LogP contribution in [0.5, 0.6) is 0 Å². The van der Waals surface area contributed by atoms with Crippen LogP contribution in [0.4, 0.5) is 0 Å². The lowest BCUT2D eigenvalue weighted by atomic mass is 10.1. The van der Waals surface area contributed by atoms with Crippen molar-refractivity contribution < 1.29 is 0 Å². The van der Waals surface area contributed by atoms with E-state index in [4.69, 9.17) is 0 Å². The molecule has 1 aliphatic rings. The molecule has 1 N–H and O–H groups in total. The second-order valence-corrected chi connectivity index (χ2v) is 6.81. The highest BCUT2D eigenvalue weighted by molar-refractivity contribution is 7.19. The zero-order valence-corrected chi connectivity index (χ0v) is 12.6. The lowest BCUT2D eigenvalue weighted by Crippen LogP contribution is -2.21. The highest BCUT2D eigenvalue weighted by atomic mass is 32.1. The molecule has 2 aromatic rings. The summed E-state index contributed by atoms with van der Waals surface area (Å²) in [6.45, 7) is 3.31. The van der Waals surface area contributed by atoms with Gasteiger partial charge in [0, 0.05) is 29.2 Å². The molecule has 19 heavy (non-hydrogen) atoms. The van der Waals surface area contributed by atoms with Gasteiger partial charge < -0.3 is 10.2 Å². The number of fused-ring (bicyclic) bond motifs is 1. The van der Waals surface area contributed by atoms with Crippen LogP contribution in [-0.2, 0) is 13.1 Å². The summed E-state index contributed by atoms with van der Waals surface area (Å²) in [5, 5.41) is 4.75. The van der Waals surface area contributed by atoms with E-state index >= 15 is 0 Å². The maximum absolute atomic E-state index is 3.30. The summed E-state index contributed by atoms with van der Waals surface area (Å²) in [5.41, 5.74) is 1.53. The van der Waals surface area contributed by atoms with Crippen LogP contribution in [0, 0.1) is 5.92 Å². The maximum Gasteiger partial charge on any atom is 0.0349 e. The summed E-state index contributed by atoms with van der Waals surface area (Å²) < 4.78 is 1.42. The average molecular weight is 274 g/mol. The van der Waals surface area contributed by atoms with Crippen LogP contribution in [0.1, 0.15) is 23.3 Å². The lowest BCUT2D eigenvalue weighted by Gasteiger charge is -2.17. The highest BCUT2D eigenvalue weighted by Crippen LogP contribution is 2.34. The van der Waals surface area contributed by atoms with E-state index in [1.54, 1.807) is 0 Å². The molecule has 1 fully saturated rings. The van der Waals surface area contributed by atoms with E-state index < -0.39 is 0 Å². The van der Waals surface area contributed by atoms with E-state index in [2.05, 4.69) is 41.5 Å². The van der Waals surface area contributed by atoms with Crippen molar-refractivity contribution in [3.8, 4) is 0 Å². The summed E-state index contributed by atoms with van der Waals surface area (Å²) in [7, 11) is 4.29. The van der Waals surface area contributed by atoms with E-state index in [1.807, 2.05) is 18.4 Å². The van der Waals surface area contributed by atoms with Gasteiger partial charge in [-0.05, 0) is 49.9 Å². The molecule has 1 saturated carbocycles. The summed E-state index contributed by atoms with van der Waals surface area (Å²) in [4.78, 5) is 3.98. The van der Waals surface area contributed by atoms with Gasteiger partial charge in [-0.2, -0.15) is 0 Å². The Labute approximate surface area is 119 Å². The Morgan fingerprint density at radius 2 is 2.11 bits per heavy atom. The van der Waals surface area contributed by atoms with Crippen LogP contribution in [0.15, 0.2) is 24.3 Å². The predicted octanol–water partition coefficient (Wildman–Crippen LogP) is 3.46. The molecule has 0 saturated heterocycles. The second kappa shape index (κ2) is 5.61. The third kappa shape index (κ3) is 2.99. The van der Waals surface area contributed by atoms with Crippen molar-refractivity contribution in [1.29, 1.82) is 0 Å². The predicted molar refractivity (Wildman–Crippen MR) is 83.6 cm³/mol. The van der Waals surface area contributed by atoms with Gasteiger partial charge in [0.05, 0.1) is 0 Å². The van der Waals surface area contributed by atoms with Gasteiger partial charge in [0.15, 0.2) is 0 Å². The monoisotopic (exact) mass is 274 g/mol. The Balaban J connectivity index is 1.87. The number of benzene rings is 1. The zero-order valence-electron chi connectivity index (χ0n) is 11.8. The first kappa shape index (κ1) is 13.1. The molecule has 3 rings (SSSR count). The second-order valence-electron chi connectivity index (χ2n) is 5.67. The van der Waals surface area contributed by atoms with E-state index in [0.29, 0.717) is 0 Å². The topological polar surface area (TPSA) is 15.3 Å². The fourth-order valence-corrected chi connectivity index (χ4v) is 3.93. The minimum absolute atomic E-state index is 0.961. The van der Waals surface area contributed by atoms with E-state index in [9.17, 15) is 0 Å². The maximum atomic E-state index is 3.30. The Hall–Kier alpha value is -0.900. The molecular weight excluding hydrogens is 252 g/mol. The molecule has 0 bridgehead atoms. The first-order valence-corrected chi connectivity index (χ1v) is 7.92. The standard InChI is InChI=1S/C16H22N2S/c1-17-9-16-14(11-18(2)10-12-7-8-12)13-5-3-4-6-15(13)19-16/h3-6,12,17H,7-11H2,1-2H3. The van der Waals surface area contributed by atoms with Gasteiger partial charge in [-0.25, -0.2) is 0 Å². The molecule has 1 aromatic carbocycles. The van der Waals surface area contributed by atoms with Gasteiger partial charge in [-0.3, -0.25) is 0 Å². The van der Waals surface area contributed by atoms with Gasteiger partial charge in [-0.15, -0.1) is 11.3 Å². The van der Waals surface area contributed by atoms with Crippen molar-refractivity contribution in [2.45, 2.75) is 25.9 Å². The fraction of sp³-hybridized carbons (Fsp3) is 0.500. The molecular formula is C16H22N2S. The quantitative estimate of drug-likeness (QED) is 0.868. The lowest BCUT2D eigenvalue weighted by molar-refractivity contribution is 0.313. The third-order valence-electron chi connectivity index (χ3n) is 3.81. The molecule has 0 unspecified atom stereocenters. The molecule has 0 spiro atoms. The van der Waals surface area contributed by atoms with E-state index in [-0.39, 0.29) is 0 Å². The summed E-state index contributed by atoms with van der Waals surface area (Å²) in [5.74, 6) is 0.961. The van der Waals surface area contributed by atoms with Crippen LogP contribution in [0.2, 0.25) is 0 Å². The number of thiophene rings is 1. The molecule has 0 radical (unpaired) electrons. The molecule has 3 heteroatoms. The fourth-order valence-electron chi connectivity index (χ4n) is 2.70. The Kier molecular flexibility index (Phi) is 3.87. The van der Waals surface area contributed by atoms with Crippen molar-refractivity contribution in [3.63, 3.8) is 0 Å². The molecule has 1 heterocycles. The van der Waals surface area contributed by atoms with Crippen LogP contribution < -0.4 is 5.32 Å². The van der Waals surface area contributed by atoms with E-state index in [0.717, 1.165) is 19.0 Å². The third-order valence-corrected chi connectivity index (χ3v) is 5.03. The van der Waals surface area contributed by atoms with Gasteiger partial charge in [0.1, 0.15) is 0 Å². The number of nitrogens with zero attached hydrogens (tertiary/aromatic N) is 1. The summed E-state index contributed by atoms with van der Waals surface area (Å²) in [6, 6.07) is 8.80. The molecule has 0 atom stereocenters. The number of nitrogens with one attached hydrogen (secondary N) is 1. The van der Waals surface area contributed by atoms with Gasteiger partial charge in [0.25, 0.3) is 0 Å². The highest BCUT2D eigenvalue weighted by Gasteiger charge is 2.23. The number of hydrogen-bond donors (Lipinski definition) is 1. The largest absolute Gasteiger partial charge is 0.315 e. The van der Waals surface area contributed by atoms with E-state index in [1.165, 1.54) is 39.9 Å². The molecule has 0 aliphatic heterocycles. The first-order valence-electron chi connectivity index (χ1n) is 7.10. The van der Waals surface area contributed by atoms with Crippen molar-refractivity contribution >= 4 is 21.4 Å². The minimum Gasteiger partial charge on any atom is -0.315 e. The summed E-state index contributed by atoms with van der Waals surface area (Å²) >= 11 is 1.94. The van der Waals surface area contributed by atoms with Crippen LogP contribution in [-0.4, -0.2) is 25.5 Å². The number of rotatable bonds is 6. The van der Waals surface area contributed by atoms with Crippen LogP contribution >= 0.6 is 11.3 Å². The zero-order chi connectivity index (χ0) is 13.2. The van der Waals surface area contributed by atoms with Crippen molar-refractivity contribution in [2.24, 2.45) is 5.92 Å².